The zero-order valence-electron chi connectivity index (χ0n) is 23.2. The van der Waals surface area contributed by atoms with Crippen LogP contribution in [0.15, 0.2) is 126 Å². The number of aromatic nitrogens is 5. The lowest BCUT2D eigenvalue weighted by Gasteiger charge is -2.09. The van der Waals surface area contributed by atoms with Gasteiger partial charge in [0.05, 0.1) is 7.05 Å². The predicted octanol–water partition coefficient (Wildman–Crippen LogP) is 7.85. The fourth-order valence-electron chi connectivity index (χ4n) is 6.02. The first-order chi connectivity index (χ1) is 20.7. The molecule has 200 valence electrons. The maximum absolute atomic E-state index is 6.54. The maximum atomic E-state index is 6.54. The molecule has 5 aromatic carbocycles. The van der Waals surface area contributed by atoms with Crippen LogP contribution >= 0.6 is 0 Å². The molecule has 0 N–H and O–H groups in total. The third-order valence-electron chi connectivity index (χ3n) is 8.09. The highest BCUT2D eigenvalue weighted by Gasteiger charge is 2.30. The fraction of sp³-hybridized carbons (Fsp3) is 0.0556. The largest absolute Gasteiger partial charge is 0.455 e. The summed E-state index contributed by atoms with van der Waals surface area (Å²) in [6.07, 6.45) is 3.04. The highest BCUT2D eigenvalue weighted by atomic mass is 16.3. The summed E-state index contributed by atoms with van der Waals surface area (Å²) in [6, 6.07) is 38.2. The van der Waals surface area contributed by atoms with Gasteiger partial charge in [-0.3, -0.25) is 0 Å². The Hall–Kier alpha value is -5.62. The van der Waals surface area contributed by atoms with Crippen LogP contribution in [0.5, 0.6) is 0 Å². The van der Waals surface area contributed by atoms with Crippen LogP contribution in [-0.2, 0) is 7.05 Å². The minimum absolute atomic E-state index is 0.668. The number of furan rings is 1. The monoisotopic (exact) mass is 544 g/mol. The summed E-state index contributed by atoms with van der Waals surface area (Å²) in [5.74, 6) is 1.74. The SMILES string of the molecule is Cc1ccc2c(oc3ccccc32)c1-c1n(-c2ccc(-c3ccc(-c4ncncn4)cc3)cc2)c2ccccc2[n+]1C. The normalized spacial score (nSPS) is 11.6. The summed E-state index contributed by atoms with van der Waals surface area (Å²) < 4.78 is 11.2. The van der Waals surface area contributed by atoms with Crippen molar-refractivity contribution in [3.8, 4) is 39.6 Å². The number of benzene rings is 5. The number of fused-ring (bicyclic) bond motifs is 4. The Morgan fingerprint density at radius 3 is 2.12 bits per heavy atom. The quantitative estimate of drug-likeness (QED) is 0.212. The lowest BCUT2D eigenvalue weighted by molar-refractivity contribution is -0.633. The van der Waals surface area contributed by atoms with E-state index in [2.05, 4.69) is 123 Å². The molecule has 3 heterocycles. The Labute approximate surface area is 242 Å². The minimum atomic E-state index is 0.668. The molecular formula is C36H26N5O+. The summed E-state index contributed by atoms with van der Waals surface area (Å²) in [7, 11) is 2.14. The Balaban J connectivity index is 1.29. The van der Waals surface area contributed by atoms with Gasteiger partial charge in [-0.05, 0) is 53.9 Å². The Bertz CT molecular complexity index is 2250. The third-order valence-corrected chi connectivity index (χ3v) is 8.09. The average molecular weight is 545 g/mol. The van der Waals surface area contributed by atoms with Crippen LogP contribution in [-0.4, -0.2) is 19.5 Å². The van der Waals surface area contributed by atoms with Crippen molar-refractivity contribution < 1.29 is 8.98 Å². The van der Waals surface area contributed by atoms with Crippen molar-refractivity contribution in [3.05, 3.63) is 127 Å². The van der Waals surface area contributed by atoms with Crippen molar-refractivity contribution in [2.45, 2.75) is 6.92 Å². The average Bonchev–Trinajstić information content (AvgIpc) is 3.57. The van der Waals surface area contributed by atoms with Crippen LogP contribution in [0, 0.1) is 6.92 Å². The lowest BCUT2D eigenvalue weighted by atomic mass is 10.0. The number of hydrogen-bond donors (Lipinski definition) is 0. The van der Waals surface area contributed by atoms with Crippen molar-refractivity contribution in [3.63, 3.8) is 0 Å². The molecule has 8 aromatic rings. The molecule has 0 radical (unpaired) electrons. The van der Waals surface area contributed by atoms with Crippen LogP contribution in [0.25, 0.3) is 72.6 Å². The molecule has 0 saturated heterocycles. The maximum Gasteiger partial charge on any atom is 0.298 e. The molecule has 0 aliphatic rings. The van der Waals surface area contributed by atoms with E-state index in [-0.39, 0.29) is 0 Å². The molecule has 0 atom stereocenters. The van der Waals surface area contributed by atoms with E-state index in [1.54, 1.807) is 0 Å². The summed E-state index contributed by atoms with van der Waals surface area (Å²) in [6.45, 7) is 2.16. The molecule has 6 heteroatoms. The van der Waals surface area contributed by atoms with Gasteiger partial charge in [-0.2, -0.15) is 4.57 Å². The summed E-state index contributed by atoms with van der Waals surface area (Å²) in [5.41, 5.74) is 10.7. The van der Waals surface area contributed by atoms with Crippen molar-refractivity contribution in [1.82, 2.24) is 19.5 Å². The molecule has 0 amide bonds. The molecule has 42 heavy (non-hydrogen) atoms. The predicted molar refractivity (Wildman–Crippen MR) is 166 cm³/mol. The molecule has 0 aliphatic carbocycles. The second-order valence-corrected chi connectivity index (χ2v) is 10.5. The van der Waals surface area contributed by atoms with Gasteiger partial charge in [0.25, 0.3) is 5.82 Å². The van der Waals surface area contributed by atoms with E-state index in [0.29, 0.717) is 5.82 Å². The Morgan fingerprint density at radius 2 is 1.33 bits per heavy atom. The smallest absolute Gasteiger partial charge is 0.298 e. The summed E-state index contributed by atoms with van der Waals surface area (Å²) >= 11 is 0. The zero-order chi connectivity index (χ0) is 28.2. The number of aryl methyl sites for hydroxylation is 2. The first-order valence-electron chi connectivity index (χ1n) is 13.9. The van der Waals surface area contributed by atoms with E-state index in [1.807, 2.05) is 24.3 Å². The van der Waals surface area contributed by atoms with Gasteiger partial charge in [-0.15, -0.1) is 0 Å². The zero-order valence-corrected chi connectivity index (χ0v) is 23.2. The van der Waals surface area contributed by atoms with Gasteiger partial charge in [0, 0.05) is 16.3 Å². The number of nitrogens with zero attached hydrogens (tertiary/aromatic N) is 5. The Morgan fingerprint density at radius 1 is 0.667 bits per heavy atom. The minimum Gasteiger partial charge on any atom is -0.455 e. The van der Waals surface area contributed by atoms with Gasteiger partial charge in [-0.1, -0.05) is 78.9 Å². The van der Waals surface area contributed by atoms with Crippen molar-refractivity contribution >= 4 is 33.0 Å². The highest BCUT2D eigenvalue weighted by Crippen LogP contribution is 2.39. The fourth-order valence-corrected chi connectivity index (χ4v) is 6.02. The first kappa shape index (κ1) is 24.2. The van der Waals surface area contributed by atoms with Crippen LogP contribution in [0.1, 0.15) is 5.56 Å². The molecule has 0 spiro atoms. The summed E-state index contributed by atoms with van der Waals surface area (Å²) in [5, 5.41) is 2.25. The molecule has 0 aliphatic heterocycles. The molecular weight excluding hydrogens is 518 g/mol. The number of rotatable bonds is 4. The van der Waals surface area contributed by atoms with E-state index >= 15 is 0 Å². The lowest BCUT2D eigenvalue weighted by Crippen LogP contribution is -2.30. The number of imidazole rings is 1. The number of hydrogen-bond acceptors (Lipinski definition) is 4. The molecule has 8 rings (SSSR count). The van der Waals surface area contributed by atoms with Crippen LogP contribution in [0.2, 0.25) is 0 Å². The van der Waals surface area contributed by atoms with Gasteiger partial charge in [0.2, 0.25) is 0 Å². The van der Waals surface area contributed by atoms with Gasteiger partial charge >= 0.3 is 0 Å². The number of para-hydroxylation sites is 3. The summed E-state index contributed by atoms with van der Waals surface area (Å²) in [4.78, 5) is 12.4. The topological polar surface area (TPSA) is 60.6 Å². The van der Waals surface area contributed by atoms with Crippen LogP contribution in [0.3, 0.4) is 0 Å². The van der Waals surface area contributed by atoms with Gasteiger partial charge in [-0.25, -0.2) is 19.5 Å². The third kappa shape index (κ3) is 3.73. The van der Waals surface area contributed by atoms with E-state index < -0.39 is 0 Å². The Kier molecular flexibility index (Phi) is 5.47. The molecule has 0 fully saturated rings. The van der Waals surface area contributed by atoms with E-state index in [9.17, 15) is 0 Å². The van der Waals surface area contributed by atoms with Gasteiger partial charge < -0.3 is 4.42 Å². The van der Waals surface area contributed by atoms with E-state index in [4.69, 9.17) is 4.42 Å². The van der Waals surface area contributed by atoms with Gasteiger partial charge in [0.15, 0.2) is 22.4 Å². The molecule has 3 aromatic heterocycles. The van der Waals surface area contributed by atoms with Crippen molar-refractivity contribution in [1.29, 1.82) is 0 Å². The van der Waals surface area contributed by atoms with E-state index in [0.717, 1.165) is 72.3 Å². The standard InChI is InChI=1S/C36H26N5O/c1-23-11-20-29-28-7-3-6-10-32(28)42-34(29)33(23)36-40(2)30-8-4-5-9-31(30)41(36)27-18-16-25(17-19-27)24-12-14-26(15-13-24)35-38-21-37-22-39-35/h3-22H,1-2H3/q+1. The molecule has 0 saturated carbocycles. The van der Waals surface area contributed by atoms with E-state index in [1.165, 1.54) is 12.7 Å². The molecule has 0 bridgehead atoms. The molecule has 0 unspecified atom stereocenters. The molecule has 6 nitrogen and oxygen atoms in total. The van der Waals surface area contributed by atoms with Crippen molar-refractivity contribution in [2.24, 2.45) is 7.05 Å². The second kappa shape index (κ2) is 9.49. The van der Waals surface area contributed by atoms with Gasteiger partial charge in [0.1, 0.15) is 29.5 Å². The second-order valence-electron chi connectivity index (χ2n) is 10.5. The van der Waals surface area contributed by atoms with Crippen LogP contribution < -0.4 is 4.57 Å². The van der Waals surface area contributed by atoms with Crippen molar-refractivity contribution in [2.75, 3.05) is 0 Å². The first-order valence-corrected chi connectivity index (χ1v) is 13.9. The van der Waals surface area contributed by atoms with Crippen LogP contribution in [0.4, 0.5) is 0 Å². The highest BCUT2D eigenvalue weighted by molar-refractivity contribution is 6.09.